The normalized spacial score (nSPS) is 19.7. The van der Waals surface area contributed by atoms with E-state index < -0.39 is 11.9 Å². The maximum absolute atomic E-state index is 13.6. The maximum atomic E-state index is 13.6. The Morgan fingerprint density at radius 1 is 1.18 bits per heavy atom. The van der Waals surface area contributed by atoms with Crippen LogP contribution in [0.4, 0.5) is 17.6 Å². The average Bonchev–Trinajstić information content (AvgIpc) is 3.27. The third-order valence-electron chi connectivity index (χ3n) is 5.62. The lowest BCUT2D eigenvalue weighted by Crippen LogP contribution is -2.34. The van der Waals surface area contributed by atoms with E-state index in [0.717, 1.165) is 12.8 Å². The molecule has 2 aliphatic rings. The molecule has 4 nitrogen and oxygen atoms in total. The minimum atomic E-state index is -4.52. The molecule has 28 heavy (non-hydrogen) atoms. The van der Waals surface area contributed by atoms with E-state index in [1.165, 1.54) is 16.8 Å². The number of carbonyl (C=O) groups excluding carboxylic acids is 1. The number of benzene rings is 1. The smallest absolute Gasteiger partial charge is 0.334 e. The van der Waals surface area contributed by atoms with E-state index in [0.29, 0.717) is 43.5 Å². The average molecular weight is 395 g/mol. The van der Waals surface area contributed by atoms with Gasteiger partial charge in [-0.15, -0.1) is 0 Å². The van der Waals surface area contributed by atoms with E-state index >= 15 is 0 Å². The van der Waals surface area contributed by atoms with Crippen LogP contribution in [-0.2, 0) is 30.4 Å². The number of nitrogens with zero attached hydrogens (tertiary/aromatic N) is 3. The Bertz CT molecular complexity index is 890. The molecule has 1 fully saturated rings. The van der Waals surface area contributed by atoms with Gasteiger partial charge in [0.25, 0.3) is 0 Å². The van der Waals surface area contributed by atoms with Gasteiger partial charge in [0.1, 0.15) is 12.4 Å². The molecular formula is C20H21F4N3O. The summed E-state index contributed by atoms with van der Waals surface area (Å²) in [6.45, 7) is 0.291. The molecule has 1 aromatic heterocycles. The van der Waals surface area contributed by atoms with Gasteiger partial charge in [-0.25, -0.2) is 4.39 Å². The zero-order valence-electron chi connectivity index (χ0n) is 15.3. The van der Waals surface area contributed by atoms with Gasteiger partial charge in [0.05, 0.1) is 6.04 Å². The molecule has 2 aromatic rings. The summed E-state index contributed by atoms with van der Waals surface area (Å²) in [5.41, 5.74) is 0.602. The Morgan fingerprint density at radius 3 is 2.71 bits per heavy atom. The lowest BCUT2D eigenvalue weighted by Gasteiger charge is -2.25. The summed E-state index contributed by atoms with van der Waals surface area (Å²) in [5.74, 6) is -0.649. The van der Waals surface area contributed by atoms with Crippen molar-refractivity contribution in [3.05, 3.63) is 52.6 Å². The van der Waals surface area contributed by atoms with Gasteiger partial charge in [-0.2, -0.15) is 18.3 Å². The molecule has 0 spiro atoms. The van der Waals surface area contributed by atoms with Crippen LogP contribution in [0.1, 0.15) is 54.2 Å². The molecule has 4 rings (SSSR count). The molecule has 1 unspecified atom stereocenters. The van der Waals surface area contributed by atoms with Crippen molar-refractivity contribution in [3.8, 4) is 0 Å². The van der Waals surface area contributed by atoms with Crippen molar-refractivity contribution in [1.29, 1.82) is 0 Å². The number of hydrogen-bond donors (Lipinski definition) is 0. The van der Waals surface area contributed by atoms with Crippen molar-refractivity contribution in [2.45, 2.75) is 57.3 Å². The minimum Gasteiger partial charge on any atom is -0.334 e. The third kappa shape index (κ3) is 3.52. The number of hydrogen-bond acceptors (Lipinski definition) is 2. The van der Waals surface area contributed by atoms with Crippen LogP contribution in [0, 0.1) is 5.82 Å². The largest absolute Gasteiger partial charge is 0.435 e. The fourth-order valence-electron chi connectivity index (χ4n) is 4.37. The fourth-order valence-corrected chi connectivity index (χ4v) is 4.37. The van der Waals surface area contributed by atoms with Crippen LogP contribution in [0.15, 0.2) is 24.3 Å². The van der Waals surface area contributed by atoms with Crippen LogP contribution < -0.4 is 0 Å². The van der Waals surface area contributed by atoms with E-state index in [9.17, 15) is 22.4 Å². The van der Waals surface area contributed by atoms with Crippen LogP contribution in [0.2, 0.25) is 0 Å². The molecule has 0 N–H and O–H groups in total. The lowest BCUT2D eigenvalue weighted by molar-refractivity contribution is -0.142. The number of alkyl halides is 3. The van der Waals surface area contributed by atoms with E-state index in [1.54, 1.807) is 17.0 Å². The maximum Gasteiger partial charge on any atom is 0.435 e. The second-order valence-electron chi connectivity index (χ2n) is 7.44. The predicted octanol–water partition coefficient (Wildman–Crippen LogP) is 4.28. The first kappa shape index (κ1) is 19.0. The molecule has 8 heteroatoms. The minimum absolute atomic E-state index is 0.218. The van der Waals surface area contributed by atoms with Crippen LogP contribution in [0.5, 0.6) is 0 Å². The first-order valence-corrected chi connectivity index (χ1v) is 9.55. The monoisotopic (exact) mass is 395 g/mol. The topological polar surface area (TPSA) is 38.1 Å². The van der Waals surface area contributed by atoms with Crippen molar-refractivity contribution in [1.82, 2.24) is 14.7 Å². The van der Waals surface area contributed by atoms with Gasteiger partial charge in [0.15, 0.2) is 5.69 Å². The van der Waals surface area contributed by atoms with Crippen LogP contribution in [0.3, 0.4) is 0 Å². The molecule has 1 amide bonds. The number of likely N-dealkylation sites (tertiary alicyclic amines) is 1. The van der Waals surface area contributed by atoms with Crippen molar-refractivity contribution < 1.29 is 22.4 Å². The summed E-state index contributed by atoms with van der Waals surface area (Å²) in [5, 5.41) is 3.77. The van der Waals surface area contributed by atoms with Crippen LogP contribution in [-0.4, -0.2) is 27.1 Å². The van der Waals surface area contributed by atoms with E-state index in [4.69, 9.17) is 0 Å². The van der Waals surface area contributed by atoms with Gasteiger partial charge < -0.3 is 4.90 Å². The Hall–Kier alpha value is -2.38. The Kier molecular flexibility index (Phi) is 4.89. The fraction of sp³-hybridized carbons (Fsp3) is 0.500. The van der Waals surface area contributed by atoms with Crippen molar-refractivity contribution >= 4 is 5.91 Å². The molecule has 0 saturated carbocycles. The van der Waals surface area contributed by atoms with Gasteiger partial charge in [-0.05, 0) is 56.2 Å². The number of carbonyl (C=O) groups is 1. The van der Waals surface area contributed by atoms with Gasteiger partial charge in [-0.3, -0.25) is 9.48 Å². The standard InChI is InChI=1S/C20H21F4N3O/c21-14-6-3-5-13(11-14)16-9-4-10-26(16)18(28)12-27-17-8-2-1-7-15(17)19(25-27)20(22,23)24/h3,5-6,11,16H,1-2,4,7-10,12H2. The number of halogens is 4. The molecule has 1 saturated heterocycles. The number of fused-ring (bicyclic) bond motifs is 1. The summed E-state index contributed by atoms with van der Waals surface area (Å²) < 4.78 is 54.8. The van der Waals surface area contributed by atoms with Crippen LogP contribution in [0.25, 0.3) is 0 Å². The predicted molar refractivity (Wildman–Crippen MR) is 94.0 cm³/mol. The Labute approximate surface area is 160 Å². The van der Waals surface area contributed by atoms with Crippen molar-refractivity contribution in [2.75, 3.05) is 6.54 Å². The molecule has 0 bridgehead atoms. The van der Waals surface area contributed by atoms with Crippen molar-refractivity contribution in [3.63, 3.8) is 0 Å². The molecule has 0 radical (unpaired) electrons. The van der Waals surface area contributed by atoms with Gasteiger partial charge in [-0.1, -0.05) is 12.1 Å². The highest BCUT2D eigenvalue weighted by atomic mass is 19.4. The summed E-state index contributed by atoms with van der Waals surface area (Å²) in [6.07, 6.45) is -0.706. The van der Waals surface area contributed by atoms with Crippen molar-refractivity contribution in [2.24, 2.45) is 0 Å². The summed E-state index contributed by atoms with van der Waals surface area (Å²) in [4.78, 5) is 14.6. The van der Waals surface area contributed by atoms with Gasteiger partial charge in [0.2, 0.25) is 5.91 Å². The number of rotatable bonds is 3. The first-order valence-electron chi connectivity index (χ1n) is 9.55. The summed E-state index contributed by atoms with van der Waals surface area (Å²) >= 11 is 0. The quantitative estimate of drug-likeness (QED) is 0.728. The number of aromatic nitrogens is 2. The molecule has 1 atom stereocenters. The zero-order valence-corrected chi connectivity index (χ0v) is 15.3. The highest BCUT2D eigenvalue weighted by molar-refractivity contribution is 5.77. The second-order valence-corrected chi connectivity index (χ2v) is 7.44. The Balaban J connectivity index is 1.59. The lowest BCUT2D eigenvalue weighted by atomic mass is 9.95. The highest BCUT2D eigenvalue weighted by Crippen LogP contribution is 2.36. The second kappa shape index (κ2) is 7.22. The summed E-state index contributed by atoms with van der Waals surface area (Å²) in [7, 11) is 0. The molecule has 1 aromatic carbocycles. The molecule has 1 aliphatic heterocycles. The number of amides is 1. The van der Waals surface area contributed by atoms with Gasteiger partial charge in [0, 0.05) is 17.8 Å². The molecule has 150 valence electrons. The molecule has 2 heterocycles. The molecule has 1 aliphatic carbocycles. The van der Waals surface area contributed by atoms with Gasteiger partial charge >= 0.3 is 6.18 Å². The zero-order chi connectivity index (χ0) is 19.9. The third-order valence-corrected chi connectivity index (χ3v) is 5.62. The Morgan fingerprint density at radius 2 is 1.96 bits per heavy atom. The van der Waals surface area contributed by atoms with E-state index in [1.807, 2.05) is 0 Å². The van der Waals surface area contributed by atoms with E-state index in [2.05, 4.69) is 5.10 Å². The van der Waals surface area contributed by atoms with E-state index in [-0.39, 0.29) is 29.9 Å². The SMILES string of the molecule is O=C(Cn1nc(C(F)(F)F)c2c1CCCC2)N1CCCC1c1cccc(F)c1. The van der Waals surface area contributed by atoms with Crippen LogP contribution >= 0.6 is 0 Å². The highest BCUT2D eigenvalue weighted by Gasteiger charge is 2.40. The summed E-state index contributed by atoms with van der Waals surface area (Å²) in [6, 6.07) is 5.88. The first-order chi connectivity index (χ1) is 13.3. The molecular weight excluding hydrogens is 374 g/mol.